The van der Waals surface area contributed by atoms with Crippen LogP contribution in [-0.4, -0.2) is 18.0 Å². The topological polar surface area (TPSA) is 79.8 Å². The largest absolute Gasteiger partial charge is 0.487 e. The fourth-order valence-corrected chi connectivity index (χ4v) is 3.13. The van der Waals surface area contributed by atoms with E-state index in [1.54, 1.807) is 48.5 Å². The van der Waals surface area contributed by atoms with Crippen molar-refractivity contribution < 1.29 is 14.3 Å². The molecule has 0 unspecified atom stereocenters. The van der Waals surface area contributed by atoms with Crippen molar-refractivity contribution in [3.05, 3.63) is 98.5 Å². The van der Waals surface area contributed by atoms with Crippen LogP contribution in [0.15, 0.2) is 71.8 Å². The third-order valence-electron chi connectivity index (χ3n) is 4.25. The van der Waals surface area contributed by atoms with Gasteiger partial charge in [-0.3, -0.25) is 9.59 Å². The highest BCUT2D eigenvalue weighted by atomic mass is 35.5. The Morgan fingerprint density at radius 1 is 0.906 bits per heavy atom. The number of hydrogen-bond acceptors (Lipinski definition) is 4. The number of ether oxygens (including phenoxy) is 1. The second-order valence-electron chi connectivity index (χ2n) is 6.58. The number of benzene rings is 3. The Labute approximate surface area is 200 Å². The summed E-state index contributed by atoms with van der Waals surface area (Å²) in [4.78, 5) is 23.7. The van der Waals surface area contributed by atoms with Gasteiger partial charge in [-0.25, -0.2) is 5.43 Å². The standard InChI is InChI=1S/C23H18Cl3N3O3/c24-18-8-5-15(6-9-18)12-27-22(30)23(31)29-28-13-16-7-10-21(20(26)11-16)32-14-17-3-1-2-4-19(17)25/h1-11,13H,12,14H2,(H,27,30)(H,29,31)/b28-13-. The first-order chi connectivity index (χ1) is 15.4. The molecule has 164 valence electrons. The minimum Gasteiger partial charge on any atom is -0.487 e. The summed E-state index contributed by atoms with van der Waals surface area (Å²) in [7, 11) is 0. The van der Waals surface area contributed by atoms with Crippen LogP contribution in [-0.2, 0) is 22.7 Å². The molecular weight excluding hydrogens is 473 g/mol. The minimum absolute atomic E-state index is 0.193. The summed E-state index contributed by atoms with van der Waals surface area (Å²) in [5.41, 5.74) is 4.44. The van der Waals surface area contributed by atoms with Crippen LogP contribution in [0.3, 0.4) is 0 Å². The number of hydrogen-bond donors (Lipinski definition) is 2. The highest BCUT2D eigenvalue weighted by Crippen LogP contribution is 2.27. The van der Waals surface area contributed by atoms with Crippen molar-refractivity contribution in [2.45, 2.75) is 13.2 Å². The van der Waals surface area contributed by atoms with Crippen LogP contribution in [0.1, 0.15) is 16.7 Å². The lowest BCUT2D eigenvalue weighted by molar-refractivity contribution is -0.139. The van der Waals surface area contributed by atoms with E-state index in [1.807, 2.05) is 18.2 Å². The van der Waals surface area contributed by atoms with Gasteiger partial charge in [0.05, 0.1) is 11.2 Å². The van der Waals surface area contributed by atoms with Gasteiger partial charge in [0.15, 0.2) is 0 Å². The normalized spacial score (nSPS) is 10.7. The number of nitrogens with one attached hydrogen (secondary N) is 2. The van der Waals surface area contributed by atoms with Gasteiger partial charge in [0.2, 0.25) is 0 Å². The number of nitrogens with zero attached hydrogens (tertiary/aromatic N) is 1. The molecule has 9 heteroatoms. The van der Waals surface area contributed by atoms with Crippen molar-refractivity contribution in [1.82, 2.24) is 10.7 Å². The summed E-state index contributed by atoms with van der Waals surface area (Å²) >= 11 is 18.2. The Balaban J connectivity index is 1.48. The molecule has 3 aromatic carbocycles. The van der Waals surface area contributed by atoms with Crippen molar-refractivity contribution in [3.8, 4) is 5.75 Å². The highest BCUT2D eigenvalue weighted by molar-refractivity contribution is 6.35. The van der Waals surface area contributed by atoms with Gasteiger partial charge in [0, 0.05) is 22.2 Å². The summed E-state index contributed by atoms with van der Waals surface area (Å²) in [6.45, 7) is 0.465. The van der Waals surface area contributed by atoms with Crippen LogP contribution in [0, 0.1) is 0 Å². The van der Waals surface area contributed by atoms with E-state index in [-0.39, 0.29) is 13.2 Å². The third kappa shape index (κ3) is 6.99. The Bertz CT molecular complexity index is 1130. The maximum Gasteiger partial charge on any atom is 0.329 e. The zero-order valence-electron chi connectivity index (χ0n) is 16.6. The molecule has 0 spiro atoms. The lowest BCUT2D eigenvalue weighted by Gasteiger charge is -2.09. The summed E-state index contributed by atoms with van der Waals surface area (Å²) in [6, 6.07) is 19.3. The zero-order chi connectivity index (χ0) is 22.9. The van der Waals surface area contributed by atoms with E-state index in [9.17, 15) is 9.59 Å². The molecule has 2 N–H and O–H groups in total. The monoisotopic (exact) mass is 489 g/mol. The second kappa shape index (κ2) is 11.5. The van der Waals surface area contributed by atoms with Crippen LogP contribution < -0.4 is 15.5 Å². The number of rotatable bonds is 7. The third-order valence-corrected chi connectivity index (χ3v) is 5.17. The summed E-state index contributed by atoms with van der Waals surface area (Å²) in [6.07, 6.45) is 1.37. The molecule has 6 nitrogen and oxygen atoms in total. The molecule has 0 saturated carbocycles. The van der Waals surface area contributed by atoms with Gasteiger partial charge in [-0.15, -0.1) is 0 Å². The van der Waals surface area contributed by atoms with Crippen LogP contribution in [0.2, 0.25) is 15.1 Å². The number of amides is 2. The Kier molecular flexibility index (Phi) is 8.50. The lowest BCUT2D eigenvalue weighted by atomic mass is 10.2. The Morgan fingerprint density at radius 2 is 1.66 bits per heavy atom. The SMILES string of the molecule is O=C(NCc1ccc(Cl)cc1)C(=O)N/N=C\c1ccc(OCc2ccccc2Cl)c(Cl)c1. The molecule has 0 saturated heterocycles. The molecule has 0 aliphatic rings. The first-order valence-corrected chi connectivity index (χ1v) is 10.6. The smallest absolute Gasteiger partial charge is 0.329 e. The van der Waals surface area contributed by atoms with Gasteiger partial charge >= 0.3 is 11.8 Å². The molecule has 3 rings (SSSR count). The van der Waals surface area contributed by atoms with Gasteiger partial charge in [0.1, 0.15) is 12.4 Å². The van der Waals surface area contributed by atoms with Crippen molar-refractivity contribution in [3.63, 3.8) is 0 Å². The first-order valence-electron chi connectivity index (χ1n) is 9.44. The molecule has 32 heavy (non-hydrogen) atoms. The molecule has 0 heterocycles. The quantitative estimate of drug-likeness (QED) is 0.278. The van der Waals surface area contributed by atoms with Crippen molar-refractivity contribution >= 4 is 52.8 Å². The molecule has 0 aromatic heterocycles. The molecule has 2 amide bonds. The average Bonchev–Trinajstić information content (AvgIpc) is 2.79. The number of carbonyl (C=O) groups is 2. The molecule has 0 radical (unpaired) electrons. The molecule has 0 fully saturated rings. The van der Waals surface area contributed by atoms with Crippen molar-refractivity contribution in [2.75, 3.05) is 0 Å². The molecule has 0 bridgehead atoms. The van der Waals surface area contributed by atoms with Crippen molar-refractivity contribution in [2.24, 2.45) is 5.10 Å². The molecular formula is C23H18Cl3N3O3. The van der Waals surface area contributed by atoms with Crippen LogP contribution >= 0.6 is 34.8 Å². The summed E-state index contributed by atoms with van der Waals surface area (Å²) in [5, 5.41) is 7.86. The fraction of sp³-hybridized carbons (Fsp3) is 0.0870. The lowest BCUT2D eigenvalue weighted by Crippen LogP contribution is -2.37. The highest BCUT2D eigenvalue weighted by Gasteiger charge is 2.12. The second-order valence-corrected chi connectivity index (χ2v) is 7.83. The van der Waals surface area contributed by atoms with Crippen LogP contribution in [0.25, 0.3) is 0 Å². The average molecular weight is 491 g/mol. The summed E-state index contributed by atoms with van der Waals surface area (Å²) < 4.78 is 5.71. The van der Waals surface area contributed by atoms with E-state index in [1.165, 1.54) is 6.21 Å². The molecule has 0 aliphatic carbocycles. The van der Waals surface area contributed by atoms with Gasteiger partial charge in [-0.2, -0.15) is 5.10 Å². The van der Waals surface area contributed by atoms with E-state index in [0.29, 0.717) is 26.4 Å². The first kappa shape index (κ1) is 23.6. The number of carbonyl (C=O) groups excluding carboxylic acids is 2. The van der Waals surface area contributed by atoms with E-state index < -0.39 is 11.8 Å². The van der Waals surface area contributed by atoms with Gasteiger partial charge in [-0.05, 0) is 47.5 Å². The molecule has 0 aliphatic heterocycles. The van der Waals surface area contributed by atoms with E-state index in [0.717, 1.165) is 11.1 Å². The predicted molar refractivity (Wildman–Crippen MR) is 126 cm³/mol. The van der Waals surface area contributed by atoms with E-state index >= 15 is 0 Å². The van der Waals surface area contributed by atoms with Crippen molar-refractivity contribution in [1.29, 1.82) is 0 Å². The van der Waals surface area contributed by atoms with Crippen LogP contribution in [0.5, 0.6) is 5.75 Å². The Morgan fingerprint density at radius 3 is 2.38 bits per heavy atom. The van der Waals surface area contributed by atoms with Crippen LogP contribution in [0.4, 0.5) is 0 Å². The van der Waals surface area contributed by atoms with Gasteiger partial charge in [0.25, 0.3) is 0 Å². The fourth-order valence-electron chi connectivity index (χ4n) is 2.57. The van der Waals surface area contributed by atoms with E-state index in [4.69, 9.17) is 39.5 Å². The number of halogens is 3. The maximum absolute atomic E-state index is 11.9. The molecule has 3 aromatic rings. The summed E-state index contributed by atoms with van der Waals surface area (Å²) in [5.74, 6) is -1.21. The maximum atomic E-state index is 11.9. The van der Waals surface area contributed by atoms with E-state index in [2.05, 4.69) is 15.8 Å². The van der Waals surface area contributed by atoms with Gasteiger partial charge < -0.3 is 10.1 Å². The Hall–Kier alpha value is -3.06. The minimum atomic E-state index is -0.888. The van der Waals surface area contributed by atoms with Gasteiger partial charge in [-0.1, -0.05) is 65.1 Å². The zero-order valence-corrected chi connectivity index (χ0v) is 18.9. The number of hydrazone groups is 1. The predicted octanol–water partition coefficient (Wildman–Crippen LogP) is 4.99. The molecule has 0 atom stereocenters.